The Morgan fingerprint density at radius 2 is 2.00 bits per heavy atom. The summed E-state index contributed by atoms with van der Waals surface area (Å²) in [6.45, 7) is 2.99. The number of primary amides is 1. The predicted molar refractivity (Wildman–Crippen MR) is 75.6 cm³/mol. The zero-order valence-electron chi connectivity index (χ0n) is 11.6. The van der Waals surface area contributed by atoms with Gasteiger partial charge in [0.1, 0.15) is 10.6 Å². The van der Waals surface area contributed by atoms with Gasteiger partial charge in [0.15, 0.2) is 0 Å². The van der Waals surface area contributed by atoms with E-state index in [2.05, 4.69) is 4.72 Å². The Kier molecular flexibility index (Phi) is 4.61. The quantitative estimate of drug-likeness (QED) is 0.641. The number of anilines is 1. The maximum absolute atomic E-state index is 12.1. The smallest absolute Gasteiger partial charge is 0.242 e. The van der Waals surface area contributed by atoms with Crippen LogP contribution in [0.4, 0.5) is 5.69 Å². The molecule has 1 amide bonds. The van der Waals surface area contributed by atoms with Gasteiger partial charge in [-0.15, -0.1) is 0 Å². The lowest BCUT2D eigenvalue weighted by Crippen LogP contribution is -2.42. The first-order valence-electron chi connectivity index (χ1n) is 5.83. The van der Waals surface area contributed by atoms with Crippen LogP contribution in [0.5, 0.6) is 5.75 Å². The molecule has 0 fully saturated rings. The Balaban J connectivity index is 2.98. The number of sulfonamides is 1. The molecule has 1 aromatic carbocycles. The van der Waals surface area contributed by atoms with Gasteiger partial charge in [-0.1, -0.05) is 0 Å². The second-order valence-corrected chi connectivity index (χ2v) is 6.71. The van der Waals surface area contributed by atoms with Crippen molar-refractivity contribution in [1.29, 1.82) is 0 Å². The molecular formula is C12H19N3O4S. The first kappa shape index (κ1) is 16.3. The van der Waals surface area contributed by atoms with Crippen molar-refractivity contribution < 1.29 is 17.9 Å². The van der Waals surface area contributed by atoms with E-state index >= 15 is 0 Å². The van der Waals surface area contributed by atoms with E-state index in [-0.39, 0.29) is 17.1 Å². The third-order valence-corrected chi connectivity index (χ3v) is 4.35. The minimum Gasteiger partial charge on any atom is -0.497 e. The van der Waals surface area contributed by atoms with Gasteiger partial charge in [0, 0.05) is 12.6 Å². The second-order valence-electron chi connectivity index (χ2n) is 4.98. The van der Waals surface area contributed by atoms with E-state index in [0.29, 0.717) is 5.75 Å². The highest BCUT2D eigenvalue weighted by atomic mass is 32.2. The van der Waals surface area contributed by atoms with Crippen molar-refractivity contribution >= 4 is 21.6 Å². The van der Waals surface area contributed by atoms with Crippen molar-refractivity contribution in [3.63, 3.8) is 0 Å². The molecule has 0 unspecified atom stereocenters. The van der Waals surface area contributed by atoms with E-state index < -0.39 is 21.3 Å². The third-order valence-electron chi connectivity index (χ3n) is 2.88. The molecule has 112 valence electrons. The number of benzene rings is 1. The van der Waals surface area contributed by atoms with Crippen molar-refractivity contribution in [2.24, 2.45) is 11.1 Å². The molecule has 0 aliphatic carbocycles. The SMILES string of the molecule is COc1ccc(S(=O)(=O)NCC(C)(C)C(N)=O)c(N)c1. The largest absolute Gasteiger partial charge is 0.497 e. The van der Waals surface area contributed by atoms with E-state index in [4.69, 9.17) is 16.2 Å². The van der Waals surface area contributed by atoms with Crippen molar-refractivity contribution in [3.05, 3.63) is 18.2 Å². The maximum Gasteiger partial charge on any atom is 0.242 e. The van der Waals surface area contributed by atoms with Gasteiger partial charge in [0.05, 0.1) is 18.2 Å². The van der Waals surface area contributed by atoms with Crippen LogP contribution >= 0.6 is 0 Å². The molecule has 0 atom stereocenters. The van der Waals surface area contributed by atoms with Crippen LogP contribution in [0.1, 0.15) is 13.8 Å². The van der Waals surface area contributed by atoms with Crippen LogP contribution in [0.15, 0.2) is 23.1 Å². The lowest BCUT2D eigenvalue weighted by molar-refractivity contribution is -0.125. The highest BCUT2D eigenvalue weighted by Gasteiger charge is 2.28. The summed E-state index contributed by atoms with van der Waals surface area (Å²) in [6.07, 6.45) is 0. The van der Waals surface area contributed by atoms with Gasteiger partial charge in [-0.05, 0) is 26.0 Å². The molecule has 0 radical (unpaired) electrons. The summed E-state index contributed by atoms with van der Waals surface area (Å²) in [6, 6.07) is 4.24. The molecule has 1 aromatic rings. The Labute approximate surface area is 118 Å². The van der Waals surface area contributed by atoms with E-state index in [1.165, 1.54) is 25.3 Å². The molecule has 7 nitrogen and oxygen atoms in total. The number of hydrogen-bond donors (Lipinski definition) is 3. The molecule has 0 aromatic heterocycles. The number of nitrogen functional groups attached to an aromatic ring is 1. The van der Waals surface area contributed by atoms with Gasteiger partial charge in [-0.2, -0.15) is 0 Å². The molecule has 0 heterocycles. The van der Waals surface area contributed by atoms with E-state index in [0.717, 1.165) is 0 Å². The van der Waals surface area contributed by atoms with Gasteiger partial charge in [0.25, 0.3) is 0 Å². The Morgan fingerprint density at radius 3 is 2.45 bits per heavy atom. The van der Waals surface area contributed by atoms with E-state index in [1.54, 1.807) is 13.8 Å². The second kappa shape index (κ2) is 5.68. The summed E-state index contributed by atoms with van der Waals surface area (Å²) < 4.78 is 31.6. The number of carbonyl (C=O) groups excluding carboxylic acids is 1. The summed E-state index contributed by atoms with van der Waals surface area (Å²) in [5, 5.41) is 0. The summed E-state index contributed by atoms with van der Waals surface area (Å²) in [5.74, 6) is -0.137. The van der Waals surface area contributed by atoms with E-state index in [9.17, 15) is 13.2 Å². The highest BCUT2D eigenvalue weighted by Crippen LogP contribution is 2.24. The van der Waals surface area contributed by atoms with Crippen LogP contribution in [-0.2, 0) is 14.8 Å². The number of nitrogens with one attached hydrogen (secondary N) is 1. The average molecular weight is 301 g/mol. The lowest BCUT2D eigenvalue weighted by Gasteiger charge is -2.21. The number of ether oxygens (including phenoxy) is 1. The topological polar surface area (TPSA) is 125 Å². The summed E-state index contributed by atoms with van der Waals surface area (Å²) in [4.78, 5) is 11.1. The van der Waals surface area contributed by atoms with E-state index in [1.807, 2.05) is 0 Å². The van der Waals surface area contributed by atoms with Gasteiger partial charge >= 0.3 is 0 Å². The zero-order valence-corrected chi connectivity index (χ0v) is 12.5. The molecule has 20 heavy (non-hydrogen) atoms. The van der Waals surface area contributed by atoms with Crippen molar-refractivity contribution in [2.75, 3.05) is 19.4 Å². The first-order valence-corrected chi connectivity index (χ1v) is 7.31. The van der Waals surface area contributed by atoms with Crippen LogP contribution in [0.2, 0.25) is 0 Å². The van der Waals surface area contributed by atoms with Gasteiger partial charge in [-0.3, -0.25) is 4.79 Å². The number of rotatable bonds is 6. The van der Waals surface area contributed by atoms with Crippen molar-refractivity contribution in [2.45, 2.75) is 18.7 Å². The molecule has 0 aliphatic rings. The monoisotopic (exact) mass is 301 g/mol. The summed E-state index contributed by atoms with van der Waals surface area (Å²) in [7, 11) is -2.37. The molecule has 8 heteroatoms. The van der Waals surface area contributed by atoms with Crippen LogP contribution in [0.3, 0.4) is 0 Å². The Hall–Kier alpha value is -1.80. The summed E-state index contributed by atoms with van der Waals surface area (Å²) in [5.41, 5.74) is 9.95. The third kappa shape index (κ3) is 3.61. The van der Waals surface area contributed by atoms with Gasteiger partial charge in [0.2, 0.25) is 15.9 Å². The molecule has 0 spiro atoms. The molecular weight excluding hydrogens is 282 g/mol. The Morgan fingerprint density at radius 1 is 1.40 bits per heavy atom. The zero-order chi connectivity index (χ0) is 15.6. The number of nitrogens with two attached hydrogens (primary N) is 2. The molecule has 0 saturated carbocycles. The molecule has 1 rings (SSSR count). The van der Waals surface area contributed by atoms with Crippen LogP contribution < -0.4 is 20.9 Å². The van der Waals surface area contributed by atoms with Gasteiger partial charge in [-0.25, -0.2) is 13.1 Å². The van der Waals surface area contributed by atoms with Crippen molar-refractivity contribution in [3.8, 4) is 5.75 Å². The fraction of sp³-hybridized carbons (Fsp3) is 0.417. The van der Waals surface area contributed by atoms with Crippen LogP contribution in [-0.4, -0.2) is 28.0 Å². The number of hydrogen-bond acceptors (Lipinski definition) is 5. The minimum absolute atomic E-state index is 0.0636. The number of carbonyl (C=O) groups is 1. The molecule has 0 bridgehead atoms. The molecule has 0 aliphatic heterocycles. The van der Waals surface area contributed by atoms with Crippen LogP contribution in [0, 0.1) is 5.41 Å². The fourth-order valence-electron chi connectivity index (χ4n) is 1.34. The normalized spacial score (nSPS) is 12.2. The Bertz CT molecular complexity index is 611. The molecule has 0 saturated heterocycles. The standard InChI is InChI=1S/C12H19N3O4S/c1-12(2,11(14)16)7-15-20(17,18)10-5-4-8(19-3)6-9(10)13/h4-6,15H,7,13H2,1-3H3,(H2,14,16). The average Bonchev–Trinajstić information content (AvgIpc) is 2.36. The molecule has 5 N–H and O–H groups in total. The first-order chi connectivity index (χ1) is 9.10. The lowest BCUT2D eigenvalue weighted by atomic mass is 9.93. The highest BCUT2D eigenvalue weighted by molar-refractivity contribution is 7.89. The number of amides is 1. The van der Waals surface area contributed by atoms with Gasteiger partial charge < -0.3 is 16.2 Å². The predicted octanol–water partition coefficient (Wildman–Crippen LogP) is 0.0672. The minimum atomic E-state index is -3.82. The number of methoxy groups -OCH3 is 1. The summed E-state index contributed by atoms with van der Waals surface area (Å²) >= 11 is 0. The maximum atomic E-state index is 12.1. The van der Waals surface area contributed by atoms with Crippen LogP contribution in [0.25, 0.3) is 0 Å². The fourth-order valence-corrected chi connectivity index (χ4v) is 2.66. The van der Waals surface area contributed by atoms with Crippen molar-refractivity contribution in [1.82, 2.24) is 4.72 Å².